The molecule has 0 bridgehead atoms. The summed E-state index contributed by atoms with van der Waals surface area (Å²) < 4.78 is 14.9. The fraction of sp³-hybridized carbons (Fsp3) is 0.154. The van der Waals surface area contributed by atoms with Crippen LogP contribution in [0.15, 0.2) is 65.5 Å². The van der Waals surface area contributed by atoms with E-state index in [0.29, 0.717) is 52.6 Å². The number of amides is 1. The number of nitrogens with zero attached hydrogens (tertiary/aromatic N) is 3. The molecule has 3 N–H and O–H groups in total. The number of aromatic nitrogens is 4. The van der Waals surface area contributed by atoms with Crippen LogP contribution in [0.25, 0.3) is 32.9 Å². The molecule has 0 saturated carbocycles. The molecule has 3 aromatic carbocycles. The summed E-state index contributed by atoms with van der Waals surface area (Å²) in [6.07, 6.45) is -0.0380. The van der Waals surface area contributed by atoms with Gasteiger partial charge in [0.15, 0.2) is 0 Å². The first kappa shape index (κ1) is 22.3. The lowest BCUT2D eigenvalue weighted by molar-refractivity contribution is 0.201. The number of fused-ring (bicyclic) bond motifs is 2. The van der Waals surface area contributed by atoms with E-state index in [0.717, 1.165) is 15.8 Å². The Balaban J connectivity index is 1.51. The van der Waals surface area contributed by atoms with E-state index in [1.165, 1.54) is 6.07 Å². The van der Waals surface area contributed by atoms with Crippen molar-refractivity contribution in [1.82, 2.24) is 20.2 Å². The maximum Gasteiger partial charge on any atom is 0.414 e. The molecule has 35 heavy (non-hydrogen) atoms. The van der Waals surface area contributed by atoms with Gasteiger partial charge in [0, 0.05) is 23.9 Å². The number of H-pyrrole nitrogens is 2. The first-order valence-electron chi connectivity index (χ1n) is 11.2. The molecular weight excluding hydrogens is 449 g/mol. The predicted molar refractivity (Wildman–Crippen MR) is 132 cm³/mol. The van der Waals surface area contributed by atoms with Crippen LogP contribution in [0.1, 0.15) is 24.6 Å². The number of aromatic amines is 2. The zero-order valence-corrected chi connectivity index (χ0v) is 18.9. The summed E-state index contributed by atoms with van der Waals surface area (Å²) in [6, 6.07) is 17.4. The molecule has 5 rings (SSSR count). The van der Waals surface area contributed by atoms with E-state index in [1.54, 1.807) is 42.5 Å². The van der Waals surface area contributed by atoms with Crippen molar-refractivity contribution >= 4 is 33.8 Å². The highest BCUT2D eigenvalue weighted by Gasteiger charge is 2.18. The summed E-state index contributed by atoms with van der Waals surface area (Å²) in [7, 11) is 0. The summed E-state index contributed by atoms with van der Waals surface area (Å²) >= 11 is 0. The second kappa shape index (κ2) is 9.02. The van der Waals surface area contributed by atoms with Crippen molar-refractivity contribution in [1.29, 1.82) is 0 Å². The number of hydrogen-bond acceptors (Lipinski definition) is 4. The zero-order chi connectivity index (χ0) is 24.5. The van der Waals surface area contributed by atoms with Crippen LogP contribution in [0.5, 0.6) is 0 Å². The first-order valence-corrected chi connectivity index (χ1v) is 11.2. The van der Waals surface area contributed by atoms with Gasteiger partial charge >= 0.3 is 6.09 Å². The van der Waals surface area contributed by atoms with E-state index in [9.17, 15) is 19.1 Å². The molecule has 9 heteroatoms. The molecule has 0 aliphatic rings. The lowest BCUT2D eigenvalue weighted by Gasteiger charge is -2.14. The van der Waals surface area contributed by atoms with Crippen LogP contribution in [0, 0.1) is 5.82 Å². The van der Waals surface area contributed by atoms with Gasteiger partial charge in [-0.2, -0.15) is 5.10 Å². The van der Waals surface area contributed by atoms with Crippen LogP contribution >= 0.6 is 0 Å². The van der Waals surface area contributed by atoms with Crippen molar-refractivity contribution in [2.75, 3.05) is 11.4 Å². The standard InChI is InChI=1S/C26H22FN5O3/c1-2-11-32(26(34)35)25-28-21-10-8-16(14-23(21)29-25)19-12-15(7-9-20(19)27)13-22-17-5-3-4-6-18(17)24(33)31-30-22/h3-10,12,14H,2,11,13H2,1H3,(H,28,29)(H,31,33)(H,34,35). The normalized spacial score (nSPS) is 11.3. The van der Waals surface area contributed by atoms with Gasteiger partial charge in [-0.1, -0.05) is 37.3 Å². The number of rotatable bonds is 6. The number of nitrogens with one attached hydrogen (secondary N) is 2. The van der Waals surface area contributed by atoms with Gasteiger partial charge in [0.1, 0.15) is 5.82 Å². The van der Waals surface area contributed by atoms with Gasteiger partial charge in [-0.3, -0.25) is 4.79 Å². The van der Waals surface area contributed by atoms with Gasteiger partial charge in [0.05, 0.1) is 22.1 Å². The Kier molecular flexibility index (Phi) is 5.74. The van der Waals surface area contributed by atoms with Crippen LogP contribution in [0.2, 0.25) is 0 Å². The minimum atomic E-state index is -1.09. The molecular formula is C26H22FN5O3. The van der Waals surface area contributed by atoms with E-state index in [-0.39, 0.29) is 17.3 Å². The molecule has 0 radical (unpaired) electrons. The van der Waals surface area contributed by atoms with E-state index in [2.05, 4.69) is 20.2 Å². The van der Waals surface area contributed by atoms with E-state index in [1.807, 2.05) is 19.1 Å². The van der Waals surface area contributed by atoms with Crippen LogP contribution in [0.3, 0.4) is 0 Å². The van der Waals surface area contributed by atoms with Crippen LogP contribution in [-0.4, -0.2) is 37.9 Å². The highest BCUT2D eigenvalue weighted by Crippen LogP contribution is 2.29. The Morgan fingerprint density at radius 2 is 1.89 bits per heavy atom. The van der Waals surface area contributed by atoms with Crippen LogP contribution in [-0.2, 0) is 6.42 Å². The fourth-order valence-corrected chi connectivity index (χ4v) is 4.21. The third-order valence-corrected chi connectivity index (χ3v) is 5.89. The summed E-state index contributed by atoms with van der Waals surface area (Å²) in [4.78, 5) is 32.3. The molecule has 0 aliphatic heterocycles. The molecule has 0 spiro atoms. The molecule has 0 atom stereocenters. The van der Waals surface area contributed by atoms with Gasteiger partial charge in [-0.15, -0.1) is 0 Å². The van der Waals surface area contributed by atoms with Gasteiger partial charge in [0.2, 0.25) is 5.95 Å². The summed E-state index contributed by atoms with van der Waals surface area (Å²) in [5.74, 6) is -0.155. The predicted octanol–water partition coefficient (Wildman–Crippen LogP) is 5.09. The number of carbonyl (C=O) groups is 1. The third kappa shape index (κ3) is 4.23. The monoisotopic (exact) mass is 471 g/mol. The number of benzene rings is 3. The summed E-state index contributed by atoms with van der Waals surface area (Å²) in [5.41, 5.74) is 3.47. The maximum atomic E-state index is 14.9. The molecule has 0 fully saturated rings. The fourth-order valence-electron chi connectivity index (χ4n) is 4.21. The minimum Gasteiger partial charge on any atom is -0.465 e. The number of anilines is 1. The highest BCUT2D eigenvalue weighted by atomic mass is 19.1. The topological polar surface area (TPSA) is 115 Å². The average Bonchev–Trinajstić information content (AvgIpc) is 3.28. The number of carboxylic acid groups (broad SMARTS) is 1. The third-order valence-electron chi connectivity index (χ3n) is 5.89. The molecule has 2 heterocycles. The molecule has 5 aromatic rings. The maximum absolute atomic E-state index is 14.9. The lowest BCUT2D eigenvalue weighted by atomic mass is 9.98. The molecule has 1 amide bonds. The molecule has 0 saturated heterocycles. The molecule has 2 aromatic heterocycles. The second-order valence-corrected chi connectivity index (χ2v) is 8.26. The van der Waals surface area contributed by atoms with Gasteiger partial charge in [-0.25, -0.2) is 24.2 Å². The SMILES string of the molecule is CCCN(C(=O)O)c1nc2cc(-c3cc(Cc4n[nH]c(=O)c5ccccc45)ccc3F)ccc2[nH]1. The molecule has 176 valence electrons. The number of halogens is 1. The Hall–Kier alpha value is -4.53. The van der Waals surface area contributed by atoms with E-state index >= 15 is 0 Å². The van der Waals surface area contributed by atoms with Crippen molar-refractivity contribution in [3.63, 3.8) is 0 Å². The van der Waals surface area contributed by atoms with Crippen molar-refractivity contribution < 1.29 is 14.3 Å². The lowest BCUT2D eigenvalue weighted by Crippen LogP contribution is -2.30. The Morgan fingerprint density at radius 1 is 1.09 bits per heavy atom. The Labute approximate surface area is 199 Å². The molecule has 0 aliphatic carbocycles. The van der Waals surface area contributed by atoms with E-state index in [4.69, 9.17) is 0 Å². The Bertz CT molecular complexity index is 1630. The van der Waals surface area contributed by atoms with Crippen molar-refractivity contribution in [3.8, 4) is 11.1 Å². The largest absolute Gasteiger partial charge is 0.465 e. The smallest absolute Gasteiger partial charge is 0.414 e. The van der Waals surface area contributed by atoms with E-state index < -0.39 is 6.09 Å². The zero-order valence-electron chi connectivity index (χ0n) is 18.9. The van der Waals surface area contributed by atoms with Crippen molar-refractivity contribution in [2.24, 2.45) is 0 Å². The highest BCUT2D eigenvalue weighted by molar-refractivity contribution is 5.89. The van der Waals surface area contributed by atoms with Gasteiger partial charge in [-0.05, 0) is 47.9 Å². The van der Waals surface area contributed by atoms with Crippen LogP contribution < -0.4 is 10.5 Å². The van der Waals surface area contributed by atoms with Crippen LogP contribution in [0.4, 0.5) is 15.1 Å². The van der Waals surface area contributed by atoms with Crippen molar-refractivity contribution in [3.05, 3.63) is 88.1 Å². The molecule has 0 unspecified atom stereocenters. The van der Waals surface area contributed by atoms with Gasteiger partial charge in [0.25, 0.3) is 5.56 Å². The number of imidazole rings is 1. The first-order chi connectivity index (χ1) is 16.9. The minimum absolute atomic E-state index is 0.233. The summed E-state index contributed by atoms with van der Waals surface area (Å²) in [5, 5.41) is 17.5. The average molecular weight is 471 g/mol. The summed E-state index contributed by atoms with van der Waals surface area (Å²) in [6.45, 7) is 2.20. The Morgan fingerprint density at radius 3 is 2.66 bits per heavy atom. The molecule has 8 nitrogen and oxygen atoms in total. The second-order valence-electron chi connectivity index (χ2n) is 8.26. The van der Waals surface area contributed by atoms with Crippen molar-refractivity contribution in [2.45, 2.75) is 19.8 Å². The quantitative estimate of drug-likeness (QED) is 0.319. The number of hydrogen-bond donors (Lipinski definition) is 3. The van der Waals surface area contributed by atoms with Gasteiger partial charge < -0.3 is 10.1 Å².